The number of halogens is 3. The van der Waals surface area contributed by atoms with Crippen molar-refractivity contribution in [3.63, 3.8) is 0 Å². The smallest absolute Gasteiger partial charge is 0.189 e. The molecular formula is C15H20BrFIN3. The van der Waals surface area contributed by atoms with Crippen molar-refractivity contribution in [2.24, 2.45) is 10.7 Å². The zero-order valence-electron chi connectivity index (χ0n) is 11.9. The molecule has 1 saturated carbocycles. The van der Waals surface area contributed by atoms with Gasteiger partial charge in [-0.15, -0.1) is 24.0 Å². The lowest BCUT2D eigenvalue weighted by Crippen LogP contribution is -2.46. The van der Waals surface area contributed by atoms with Crippen molar-refractivity contribution in [2.45, 2.75) is 31.7 Å². The average molecular weight is 468 g/mol. The third-order valence-electron chi connectivity index (χ3n) is 3.42. The number of nitrogens with two attached hydrogens (primary N) is 1. The Balaban J connectivity index is 0.00000220. The second kappa shape index (κ2) is 8.12. The first-order valence-electron chi connectivity index (χ1n) is 6.61. The van der Waals surface area contributed by atoms with Gasteiger partial charge in [-0.3, -0.25) is 0 Å². The molecule has 21 heavy (non-hydrogen) atoms. The molecule has 116 valence electrons. The van der Waals surface area contributed by atoms with E-state index < -0.39 is 0 Å². The highest BCUT2D eigenvalue weighted by atomic mass is 127. The molecule has 3 nitrogen and oxygen atoms in total. The normalized spacial score (nSPS) is 21.2. The number of nitrogens with one attached hydrogen (secondary N) is 1. The summed E-state index contributed by atoms with van der Waals surface area (Å²) in [6.07, 6.45) is 1.97. The van der Waals surface area contributed by atoms with Gasteiger partial charge in [-0.25, -0.2) is 9.38 Å². The standard InChI is InChI=1S/C15H19BrFN3.HI/c1-9(2)8-19-15(18)20-12-5-11(6-12)10-3-4-14(17)13(16)7-10;/h3-4,7,11-12H,1,5-6,8H2,2H3,(H3,18,19,20);1H. The van der Waals surface area contributed by atoms with Crippen LogP contribution in [0.5, 0.6) is 0 Å². The van der Waals surface area contributed by atoms with Crippen molar-refractivity contribution in [3.05, 3.63) is 46.2 Å². The van der Waals surface area contributed by atoms with Crippen molar-refractivity contribution >= 4 is 45.9 Å². The van der Waals surface area contributed by atoms with Crippen LogP contribution in [0, 0.1) is 5.82 Å². The predicted molar refractivity (Wildman–Crippen MR) is 99.7 cm³/mol. The van der Waals surface area contributed by atoms with Crippen molar-refractivity contribution in [1.82, 2.24) is 5.32 Å². The van der Waals surface area contributed by atoms with E-state index >= 15 is 0 Å². The SMILES string of the molecule is C=C(C)CN=C(N)NC1CC(c2ccc(F)c(Br)c2)C1.I. The summed E-state index contributed by atoms with van der Waals surface area (Å²) in [5.41, 5.74) is 7.95. The fraction of sp³-hybridized carbons (Fsp3) is 0.400. The zero-order chi connectivity index (χ0) is 14.7. The Kier molecular flexibility index (Phi) is 7.12. The number of benzene rings is 1. The van der Waals surface area contributed by atoms with Crippen LogP contribution < -0.4 is 11.1 Å². The molecule has 0 amide bonds. The van der Waals surface area contributed by atoms with Crippen LogP contribution in [0.25, 0.3) is 0 Å². The highest BCUT2D eigenvalue weighted by Crippen LogP contribution is 2.38. The number of guanidine groups is 1. The van der Waals surface area contributed by atoms with Crippen LogP contribution in [0.3, 0.4) is 0 Å². The molecule has 6 heteroatoms. The van der Waals surface area contributed by atoms with E-state index in [1.165, 1.54) is 6.07 Å². The van der Waals surface area contributed by atoms with Crippen molar-refractivity contribution in [2.75, 3.05) is 6.54 Å². The van der Waals surface area contributed by atoms with Gasteiger partial charge in [-0.05, 0) is 59.3 Å². The lowest BCUT2D eigenvalue weighted by Gasteiger charge is -2.36. The highest BCUT2D eigenvalue weighted by Gasteiger charge is 2.30. The summed E-state index contributed by atoms with van der Waals surface area (Å²) in [4.78, 5) is 4.20. The summed E-state index contributed by atoms with van der Waals surface area (Å²) in [5.74, 6) is 0.703. The molecule has 0 radical (unpaired) electrons. The Hall–Kier alpha value is -0.630. The molecule has 1 aliphatic rings. The van der Waals surface area contributed by atoms with Gasteiger partial charge in [0.1, 0.15) is 5.82 Å². The second-order valence-electron chi connectivity index (χ2n) is 5.34. The summed E-state index contributed by atoms with van der Waals surface area (Å²) in [6, 6.07) is 5.55. The van der Waals surface area contributed by atoms with E-state index in [9.17, 15) is 4.39 Å². The highest BCUT2D eigenvalue weighted by molar-refractivity contribution is 14.0. The van der Waals surface area contributed by atoms with E-state index in [4.69, 9.17) is 5.73 Å². The van der Waals surface area contributed by atoms with Crippen molar-refractivity contribution in [1.29, 1.82) is 0 Å². The Bertz CT molecular complexity index is 542. The van der Waals surface area contributed by atoms with Gasteiger partial charge in [0.25, 0.3) is 0 Å². The molecule has 0 saturated heterocycles. The third-order valence-corrected chi connectivity index (χ3v) is 4.03. The monoisotopic (exact) mass is 467 g/mol. The van der Waals surface area contributed by atoms with Gasteiger partial charge in [0, 0.05) is 6.04 Å². The molecule has 2 rings (SSSR count). The van der Waals surface area contributed by atoms with E-state index in [1.807, 2.05) is 19.1 Å². The molecule has 0 heterocycles. The van der Waals surface area contributed by atoms with Crippen LogP contribution in [-0.4, -0.2) is 18.5 Å². The van der Waals surface area contributed by atoms with E-state index in [0.29, 0.717) is 28.9 Å². The summed E-state index contributed by atoms with van der Waals surface area (Å²) in [7, 11) is 0. The molecule has 0 aliphatic heterocycles. The lowest BCUT2D eigenvalue weighted by atomic mass is 9.76. The molecule has 0 aromatic heterocycles. The first kappa shape index (κ1) is 18.4. The molecule has 1 fully saturated rings. The Labute approximate surface area is 150 Å². The minimum absolute atomic E-state index is 0. The van der Waals surface area contributed by atoms with Crippen LogP contribution >= 0.6 is 39.9 Å². The molecule has 3 N–H and O–H groups in total. The molecule has 0 bridgehead atoms. The quantitative estimate of drug-likeness (QED) is 0.305. The molecule has 0 spiro atoms. The maximum Gasteiger partial charge on any atom is 0.189 e. The first-order valence-corrected chi connectivity index (χ1v) is 7.40. The minimum atomic E-state index is -0.223. The molecular weight excluding hydrogens is 448 g/mol. The topological polar surface area (TPSA) is 50.4 Å². The fourth-order valence-corrected chi connectivity index (χ4v) is 2.65. The van der Waals surface area contributed by atoms with Crippen LogP contribution in [0.2, 0.25) is 0 Å². The number of aliphatic imine (C=N–C) groups is 1. The van der Waals surface area contributed by atoms with E-state index in [0.717, 1.165) is 24.0 Å². The molecule has 1 aromatic carbocycles. The van der Waals surface area contributed by atoms with Crippen LogP contribution in [0.15, 0.2) is 39.8 Å². The minimum Gasteiger partial charge on any atom is -0.370 e. The second-order valence-corrected chi connectivity index (χ2v) is 6.20. The largest absolute Gasteiger partial charge is 0.370 e. The number of rotatable bonds is 4. The van der Waals surface area contributed by atoms with Gasteiger partial charge in [0.15, 0.2) is 5.96 Å². The first-order chi connectivity index (χ1) is 9.45. The summed E-state index contributed by atoms with van der Waals surface area (Å²) < 4.78 is 13.7. The summed E-state index contributed by atoms with van der Waals surface area (Å²) in [5, 5.41) is 3.20. The van der Waals surface area contributed by atoms with Gasteiger partial charge in [0.05, 0.1) is 11.0 Å². The van der Waals surface area contributed by atoms with Crippen LogP contribution in [0.4, 0.5) is 4.39 Å². The van der Waals surface area contributed by atoms with E-state index in [2.05, 4.69) is 32.8 Å². The predicted octanol–water partition coefficient (Wildman–Crippen LogP) is 3.93. The maximum absolute atomic E-state index is 13.2. The Morgan fingerprint density at radius 2 is 2.19 bits per heavy atom. The zero-order valence-corrected chi connectivity index (χ0v) is 15.8. The number of hydrogen-bond acceptors (Lipinski definition) is 1. The number of hydrogen-bond donors (Lipinski definition) is 2. The number of nitrogens with zero attached hydrogens (tertiary/aromatic N) is 1. The lowest BCUT2D eigenvalue weighted by molar-refractivity contribution is 0.323. The maximum atomic E-state index is 13.2. The molecule has 0 unspecified atom stereocenters. The van der Waals surface area contributed by atoms with Gasteiger partial charge in [-0.1, -0.05) is 18.2 Å². The van der Waals surface area contributed by atoms with E-state index in [-0.39, 0.29) is 29.8 Å². The third kappa shape index (κ3) is 5.25. The van der Waals surface area contributed by atoms with Crippen molar-refractivity contribution < 1.29 is 4.39 Å². The van der Waals surface area contributed by atoms with E-state index in [1.54, 1.807) is 0 Å². The van der Waals surface area contributed by atoms with Gasteiger partial charge in [0.2, 0.25) is 0 Å². The summed E-state index contributed by atoms with van der Waals surface area (Å²) in [6.45, 7) is 6.26. The average Bonchev–Trinajstić information content (AvgIpc) is 2.34. The Morgan fingerprint density at radius 1 is 1.52 bits per heavy atom. The molecule has 0 atom stereocenters. The van der Waals surface area contributed by atoms with Gasteiger partial charge < -0.3 is 11.1 Å². The van der Waals surface area contributed by atoms with Crippen LogP contribution in [-0.2, 0) is 0 Å². The Morgan fingerprint density at radius 3 is 2.76 bits per heavy atom. The van der Waals surface area contributed by atoms with Crippen LogP contribution in [0.1, 0.15) is 31.2 Å². The van der Waals surface area contributed by atoms with Crippen molar-refractivity contribution in [3.8, 4) is 0 Å². The molecule has 1 aromatic rings. The molecule has 1 aliphatic carbocycles. The summed E-state index contributed by atoms with van der Waals surface area (Å²) >= 11 is 3.22. The van der Waals surface area contributed by atoms with Gasteiger partial charge >= 0.3 is 0 Å². The van der Waals surface area contributed by atoms with Gasteiger partial charge in [-0.2, -0.15) is 0 Å². The fourth-order valence-electron chi connectivity index (χ4n) is 2.25.